The van der Waals surface area contributed by atoms with E-state index in [0.717, 1.165) is 0 Å². The Hall–Kier alpha value is -2.15. The second kappa shape index (κ2) is 7.61. The molecule has 0 spiro atoms. The number of carboxylic acid groups (broad SMARTS) is 1. The number of halogens is 2. The maximum Gasteiger partial charge on any atom is 0.339 e. The van der Waals surface area contributed by atoms with Gasteiger partial charge in [0.15, 0.2) is 5.76 Å². The van der Waals surface area contributed by atoms with E-state index in [1.807, 2.05) is 0 Å². The molecule has 0 radical (unpaired) electrons. The summed E-state index contributed by atoms with van der Waals surface area (Å²) in [5.74, 6) is -1.84. The molecule has 0 aliphatic heterocycles. The van der Waals surface area contributed by atoms with E-state index in [1.165, 1.54) is 17.0 Å². The Morgan fingerprint density at radius 1 is 1.29 bits per heavy atom. The molecule has 0 unspecified atom stereocenters. The Morgan fingerprint density at radius 3 is 2.54 bits per heavy atom. The zero-order valence-electron chi connectivity index (χ0n) is 13.3. The van der Waals surface area contributed by atoms with Crippen LogP contribution in [0.25, 0.3) is 0 Å². The number of aromatic carboxylic acids is 1. The van der Waals surface area contributed by atoms with Crippen LogP contribution in [0.4, 0.5) is 4.39 Å². The molecule has 5 nitrogen and oxygen atoms in total. The summed E-state index contributed by atoms with van der Waals surface area (Å²) in [6.07, 6.45) is 0.362. The minimum absolute atomic E-state index is 0.0226. The van der Waals surface area contributed by atoms with E-state index in [4.69, 9.17) is 9.52 Å². The van der Waals surface area contributed by atoms with Crippen molar-refractivity contribution in [1.29, 1.82) is 0 Å². The van der Waals surface area contributed by atoms with Crippen LogP contribution in [0.3, 0.4) is 0 Å². The van der Waals surface area contributed by atoms with Crippen LogP contribution >= 0.6 is 15.9 Å². The number of furan rings is 1. The van der Waals surface area contributed by atoms with Crippen molar-refractivity contribution < 1.29 is 23.5 Å². The van der Waals surface area contributed by atoms with Gasteiger partial charge in [-0.2, -0.15) is 0 Å². The van der Waals surface area contributed by atoms with E-state index in [-0.39, 0.29) is 23.6 Å². The molecule has 7 heteroatoms. The van der Waals surface area contributed by atoms with Gasteiger partial charge in [0.2, 0.25) is 0 Å². The molecule has 0 saturated heterocycles. The summed E-state index contributed by atoms with van der Waals surface area (Å²) in [6, 6.07) is 5.73. The Kier molecular flexibility index (Phi) is 5.77. The Labute approximate surface area is 147 Å². The largest absolute Gasteiger partial charge is 0.478 e. The Morgan fingerprint density at radius 2 is 2.00 bits per heavy atom. The van der Waals surface area contributed by atoms with Crippen molar-refractivity contribution in [2.75, 3.05) is 6.54 Å². The minimum Gasteiger partial charge on any atom is -0.478 e. The van der Waals surface area contributed by atoms with Gasteiger partial charge in [-0.25, -0.2) is 9.18 Å². The molecule has 1 heterocycles. The molecule has 0 aliphatic carbocycles. The number of carbonyl (C=O) groups excluding carboxylic acids is 1. The number of hydrogen-bond acceptors (Lipinski definition) is 3. The predicted molar refractivity (Wildman–Crippen MR) is 89.6 cm³/mol. The van der Waals surface area contributed by atoms with Crippen molar-refractivity contribution in [3.05, 3.63) is 57.2 Å². The molecule has 0 bridgehead atoms. The lowest BCUT2D eigenvalue weighted by Gasteiger charge is -2.20. The number of carboxylic acids is 1. The highest BCUT2D eigenvalue weighted by atomic mass is 79.9. The van der Waals surface area contributed by atoms with Crippen molar-refractivity contribution in [2.24, 2.45) is 0 Å². The normalized spacial score (nSPS) is 10.7. The van der Waals surface area contributed by atoms with Crippen LogP contribution in [0.2, 0.25) is 0 Å². The molecule has 0 aliphatic rings. The number of benzene rings is 1. The fourth-order valence-electron chi connectivity index (χ4n) is 2.33. The monoisotopic (exact) mass is 397 g/mol. The van der Waals surface area contributed by atoms with Crippen molar-refractivity contribution >= 4 is 27.8 Å². The lowest BCUT2D eigenvalue weighted by Crippen LogP contribution is -2.30. The van der Waals surface area contributed by atoms with Crippen LogP contribution in [0, 0.1) is 5.82 Å². The molecular weight excluding hydrogens is 381 g/mol. The molecular formula is C17H17BrFNO4. The zero-order chi connectivity index (χ0) is 17.9. The number of amides is 1. The molecule has 1 aromatic heterocycles. The Bertz CT molecular complexity index is 772. The zero-order valence-corrected chi connectivity index (χ0v) is 14.9. The first-order valence-electron chi connectivity index (χ1n) is 7.46. The van der Waals surface area contributed by atoms with Gasteiger partial charge in [-0.3, -0.25) is 4.79 Å². The van der Waals surface area contributed by atoms with Crippen molar-refractivity contribution in [3.8, 4) is 0 Å². The van der Waals surface area contributed by atoms with Gasteiger partial charge in [0.1, 0.15) is 17.1 Å². The number of aryl methyl sites for hydroxylation is 1. The van der Waals surface area contributed by atoms with Gasteiger partial charge in [-0.15, -0.1) is 0 Å². The quantitative estimate of drug-likeness (QED) is 0.795. The lowest BCUT2D eigenvalue weighted by atomic mass is 10.2. The summed E-state index contributed by atoms with van der Waals surface area (Å²) in [6.45, 7) is 3.89. The highest BCUT2D eigenvalue weighted by Gasteiger charge is 2.24. The predicted octanol–water partition coefficient (Wildman–Crippen LogP) is 4.10. The fourth-order valence-corrected chi connectivity index (χ4v) is 2.74. The second-order valence-corrected chi connectivity index (χ2v) is 6.08. The van der Waals surface area contributed by atoms with Gasteiger partial charge in [-0.1, -0.05) is 22.9 Å². The molecule has 1 N–H and O–H groups in total. The lowest BCUT2D eigenvalue weighted by molar-refractivity contribution is 0.0690. The topological polar surface area (TPSA) is 70.8 Å². The molecule has 1 aromatic carbocycles. The number of carbonyl (C=O) groups is 2. The SMILES string of the molecule is CCc1oc(C(=O)N(CC)Cc2cc(Br)ccc2F)cc1C(=O)O. The molecule has 2 rings (SSSR count). The maximum atomic E-state index is 13.9. The smallest absolute Gasteiger partial charge is 0.339 e. The Balaban J connectivity index is 2.29. The van der Waals surface area contributed by atoms with Gasteiger partial charge >= 0.3 is 5.97 Å². The van der Waals surface area contributed by atoms with Crippen LogP contribution in [-0.4, -0.2) is 28.4 Å². The van der Waals surface area contributed by atoms with E-state index in [1.54, 1.807) is 26.0 Å². The van der Waals surface area contributed by atoms with Crippen LogP contribution in [0.15, 0.2) is 33.2 Å². The van der Waals surface area contributed by atoms with Crippen molar-refractivity contribution in [2.45, 2.75) is 26.8 Å². The first-order valence-corrected chi connectivity index (χ1v) is 8.25. The number of rotatable bonds is 6. The van der Waals surface area contributed by atoms with Crippen molar-refractivity contribution in [1.82, 2.24) is 4.90 Å². The van der Waals surface area contributed by atoms with E-state index >= 15 is 0 Å². The van der Waals surface area contributed by atoms with Crippen LogP contribution in [0.5, 0.6) is 0 Å². The minimum atomic E-state index is -1.14. The molecule has 128 valence electrons. The average Bonchev–Trinajstić information content (AvgIpc) is 2.99. The number of hydrogen-bond donors (Lipinski definition) is 1. The van der Waals surface area contributed by atoms with Gasteiger partial charge in [-0.05, 0) is 25.1 Å². The van der Waals surface area contributed by atoms with Crippen LogP contribution in [0.1, 0.15) is 46.1 Å². The summed E-state index contributed by atoms with van der Waals surface area (Å²) in [5.41, 5.74) is 0.339. The van der Waals surface area contributed by atoms with Gasteiger partial charge in [0.05, 0.1) is 0 Å². The van der Waals surface area contributed by atoms with E-state index < -0.39 is 17.7 Å². The van der Waals surface area contributed by atoms with E-state index in [2.05, 4.69) is 15.9 Å². The van der Waals surface area contributed by atoms with Crippen molar-refractivity contribution in [3.63, 3.8) is 0 Å². The average molecular weight is 398 g/mol. The standard InChI is InChI=1S/C17H17BrFNO4/c1-3-14-12(17(22)23)8-15(24-14)16(21)20(4-2)9-10-7-11(18)5-6-13(10)19/h5-8H,3-4,9H2,1-2H3,(H,22,23). The summed E-state index contributed by atoms with van der Waals surface area (Å²) in [7, 11) is 0. The summed E-state index contributed by atoms with van der Waals surface area (Å²) < 4.78 is 20.0. The molecule has 24 heavy (non-hydrogen) atoms. The molecule has 0 fully saturated rings. The summed E-state index contributed by atoms with van der Waals surface area (Å²) in [5, 5.41) is 9.15. The third-order valence-electron chi connectivity index (χ3n) is 3.61. The maximum absolute atomic E-state index is 13.9. The first-order chi connectivity index (χ1) is 11.4. The van der Waals surface area contributed by atoms with Gasteiger partial charge < -0.3 is 14.4 Å². The third-order valence-corrected chi connectivity index (χ3v) is 4.10. The van der Waals surface area contributed by atoms with Gasteiger partial charge in [0, 0.05) is 35.6 Å². The molecule has 0 atom stereocenters. The van der Waals surface area contributed by atoms with E-state index in [9.17, 15) is 14.0 Å². The molecule has 0 saturated carbocycles. The van der Waals surface area contributed by atoms with Gasteiger partial charge in [0.25, 0.3) is 5.91 Å². The third kappa shape index (κ3) is 3.84. The van der Waals surface area contributed by atoms with Crippen LogP contribution < -0.4 is 0 Å². The fraction of sp³-hybridized carbons (Fsp3) is 0.294. The molecule has 1 amide bonds. The highest BCUT2D eigenvalue weighted by Crippen LogP contribution is 2.21. The first kappa shape index (κ1) is 18.2. The summed E-state index contributed by atoms with van der Waals surface area (Å²) in [4.78, 5) is 25.2. The highest BCUT2D eigenvalue weighted by molar-refractivity contribution is 9.10. The number of nitrogens with zero attached hydrogens (tertiary/aromatic N) is 1. The molecule has 2 aromatic rings. The van der Waals surface area contributed by atoms with E-state index in [0.29, 0.717) is 23.0 Å². The summed E-state index contributed by atoms with van der Waals surface area (Å²) >= 11 is 3.27. The van der Waals surface area contributed by atoms with Crippen LogP contribution in [-0.2, 0) is 13.0 Å². The second-order valence-electron chi connectivity index (χ2n) is 5.16.